The maximum absolute atomic E-state index is 13.5. The number of sulfonamides is 1. The number of piperidine rings is 1. The molecule has 4 aromatic rings. The number of carbonyl (C=O) groups excluding carboxylic acids is 1. The number of likely N-dealkylation sites (tertiary alicyclic amines) is 1. The van der Waals surface area contributed by atoms with Gasteiger partial charge in [-0.1, -0.05) is 30.3 Å². The topological polar surface area (TPSA) is 84.3 Å². The van der Waals surface area contributed by atoms with Gasteiger partial charge in [0.15, 0.2) is 0 Å². The van der Waals surface area contributed by atoms with E-state index in [1.807, 2.05) is 53.9 Å². The quantitative estimate of drug-likeness (QED) is 0.431. The van der Waals surface area contributed by atoms with E-state index in [-0.39, 0.29) is 11.9 Å². The van der Waals surface area contributed by atoms with Crippen molar-refractivity contribution in [1.82, 2.24) is 19.4 Å². The Bertz CT molecular complexity index is 1320. The van der Waals surface area contributed by atoms with Gasteiger partial charge in [-0.2, -0.15) is 5.10 Å². The zero-order valence-corrected chi connectivity index (χ0v) is 20.1. The number of benzene rings is 1. The lowest BCUT2D eigenvalue weighted by molar-refractivity contribution is 0.0702. The van der Waals surface area contributed by atoms with Gasteiger partial charge in [-0.3, -0.25) is 4.79 Å². The monoisotopic (exact) mass is 498 g/mol. The number of amides is 1. The number of nitrogens with one attached hydrogen (secondary N) is 1. The molecule has 0 bridgehead atoms. The molecule has 3 aromatic heterocycles. The van der Waals surface area contributed by atoms with Crippen LogP contribution in [0.3, 0.4) is 0 Å². The molecule has 0 aliphatic carbocycles. The van der Waals surface area contributed by atoms with Gasteiger partial charge >= 0.3 is 0 Å². The second-order valence-corrected chi connectivity index (χ2v) is 11.6. The molecular weight excluding hydrogens is 476 g/mol. The van der Waals surface area contributed by atoms with Crippen molar-refractivity contribution >= 4 is 38.6 Å². The van der Waals surface area contributed by atoms with E-state index in [1.54, 1.807) is 38.4 Å². The minimum atomic E-state index is -3.52. The van der Waals surface area contributed by atoms with Gasteiger partial charge in [0.25, 0.3) is 5.91 Å². The van der Waals surface area contributed by atoms with E-state index >= 15 is 0 Å². The molecule has 0 saturated carbocycles. The minimum absolute atomic E-state index is 0.103. The van der Waals surface area contributed by atoms with Crippen LogP contribution < -0.4 is 4.72 Å². The number of aromatic nitrogens is 2. The highest BCUT2D eigenvalue weighted by Crippen LogP contribution is 2.27. The molecule has 1 aromatic carbocycles. The molecule has 10 heteroatoms. The Labute approximate surface area is 200 Å². The first-order valence-electron chi connectivity index (χ1n) is 10.6. The Kier molecular flexibility index (Phi) is 6.15. The summed E-state index contributed by atoms with van der Waals surface area (Å²) in [4.78, 5) is 16.3. The minimum Gasteiger partial charge on any atom is -0.337 e. The molecule has 1 aliphatic rings. The molecule has 0 unspecified atom stereocenters. The van der Waals surface area contributed by atoms with Crippen molar-refractivity contribution in [3.63, 3.8) is 0 Å². The van der Waals surface area contributed by atoms with Gasteiger partial charge < -0.3 is 4.90 Å². The predicted octanol–water partition coefficient (Wildman–Crippen LogP) is 4.25. The Hall–Kier alpha value is -2.79. The lowest BCUT2D eigenvalue weighted by Gasteiger charge is -2.32. The number of nitrogens with zero attached hydrogens (tertiary/aromatic N) is 3. The highest BCUT2D eigenvalue weighted by atomic mass is 32.2. The molecule has 1 amide bonds. The first-order chi connectivity index (χ1) is 16.0. The maximum Gasteiger partial charge on any atom is 0.272 e. The highest BCUT2D eigenvalue weighted by Gasteiger charge is 2.29. The van der Waals surface area contributed by atoms with Crippen molar-refractivity contribution in [1.29, 1.82) is 0 Å². The van der Waals surface area contributed by atoms with Gasteiger partial charge in [-0.05, 0) is 53.9 Å². The molecule has 170 valence electrons. The van der Waals surface area contributed by atoms with Crippen LogP contribution in [0, 0.1) is 0 Å². The van der Waals surface area contributed by atoms with Crippen molar-refractivity contribution in [2.24, 2.45) is 0 Å². The highest BCUT2D eigenvalue weighted by molar-refractivity contribution is 7.91. The lowest BCUT2D eigenvalue weighted by atomic mass is 10.1. The van der Waals surface area contributed by atoms with E-state index in [0.29, 0.717) is 35.8 Å². The maximum atomic E-state index is 13.5. The molecule has 1 fully saturated rings. The number of hydrogen-bond donors (Lipinski definition) is 1. The average Bonchev–Trinajstić information content (AvgIpc) is 3.61. The summed E-state index contributed by atoms with van der Waals surface area (Å²) in [5.41, 5.74) is 2.08. The van der Waals surface area contributed by atoms with E-state index in [2.05, 4.69) is 4.72 Å². The summed E-state index contributed by atoms with van der Waals surface area (Å²) >= 11 is 2.78. The largest absolute Gasteiger partial charge is 0.337 e. The van der Waals surface area contributed by atoms with Crippen LogP contribution in [0.15, 0.2) is 75.6 Å². The molecule has 1 aliphatic heterocycles. The Balaban J connectivity index is 1.34. The molecule has 1 N–H and O–H groups in total. The van der Waals surface area contributed by atoms with Crippen LogP contribution in [0.4, 0.5) is 0 Å². The smallest absolute Gasteiger partial charge is 0.272 e. The molecular formula is C23H22N4O3S3. The van der Waals surface area contributed by atoms with E-state index in [9.17, 15) is 13.2 Å². The molecule has 7 nitrogen and oxygen atoms in total. The molecule has 0 radical (unpaired) electrons. The summed E-state index contributed by atoms with van der Waals surface area (Å²) in [6, 6.07) is 18.5. The van der Waals surface area contributed by atoms with E-state index in [0.717, 1.165) is 16.3 Å². The number of carbonyl (C=O) groups is 1. The third kappa shape index (κ3) is 4.65. The summed E-state index contributed by atoms with van der Waals surface area (Å²) in [5.74, 6) is -0.103. The standard InChI is InChI=1S/C23H22N4O3S3/c28-23(26-12-10-17(11-13-26)25-33(29,30)22-9-5-15-32-22)20-16-19(21-8-4-14-31-21)24-27(20)18-6-2-1-3-7-18/h1-9,14-17,25H,10-13H2. The van der Waals surface area contributed by atoms with Crippen molar-refractivity contribution in [3.05, 3.63) is 77.1 Å². The van der Waals surface area contributed by atoms with E-state index in [1.165, 1.54) is 11.3 Å². The molecule has 33 heavy (non-hydrogen) atoms. The van der Waals surface area contributed by atoms with Crippen LogP contribution in [0.5, 0.6) is 0 Å². The molecule has 5 rings (SSSR count). The van der Waals surface area contributed by atoms with Gasteiger partial charge in [0, 0.05) is 19.1 Å². The summed E-state index contributed by atoms with van der Waals surface area (Å²) in [5, 5.41) is 8.45. The normalized spacial score (nSPS) is 15.1. The lowest BCUT2D eigenvalue weighted by Crippen LogP contribution is -2.46. The van der Waals surface area contributed by atoms with Gasteiger partial charge in [0.05, 0.1) is 10.6 Å². The molecule has 1 saturated heterocycles. The van der Waals surface area contributed by atoms with Crippen molar-refractivity contribution < 1.29 is 13.2 Å². The second-order valence-electron chi connectivity index (χ2n) is 7.76. The average molecular weight is 499 g/mol. The van der Waals surface area contributed by atoms with Crippen LogP contribution in [-0.4, -0.2) is 48.1 Å². The third-order valence-electron chi connectivity index (χ3n) is 5.57. The number of thiophene rings is 2. The van der Waals surface area contributed by atoms with Crippen molar-refractivity contribution in [2.75, 3.05) is 13.1 Å². The van der Waals surface area contributed by atoms with Crippen LogP contribution in [0.25, 0.3) is 16.3 Å². The zero-order chi connectivity index (χ0) is 22.8. The SMILES string of the molecule is O=C(c1cc(-c2cccs2)nn1-c1ccccc1)N1CCC(NS(=O)(=O)c2cccs2)CC1. The first-order valence-corrected chi connectivity index (χ1v) is 13.8. The van der Waals surface area contributed by atoms with Crippen LogP contribution in [0.2, 0.25) is 0 Å². The number of hydrogen-bond acceptors (Lipinski definition) is 6. The van der Waals surface area contributed by atoms with Crippen LogP contribution in [0.1, 0.15) is 23.3 Å². The predicted molar refractivity (Wildman–Crippen MR) is 130 cm³/mol. The van der Waals surface area contributed by atoms with Crippen molar-refractivity contribution in [3.8, 4) is 16.3 Å². The van der Waals surface area contributed by atoms with Crippen LogP contribution in [-0.2, 0) is 10.0 Å². The Morgan fingerprint density at radius 1 is 0.970 bits per heavy atom. The number of para-hydroxylation sites is 1. The van der Waals surface area contributed by atoms with Gasteiger partial charge in [-0.15, -0.1) is 22.7 Å². The number of rotatable bonds is 6. The van der Waals surface area contributed by atoms with Gasteiger partial charge in [0.1, 0.15) is 15.6 Å². The van der Waals surface area contributed by atoms with Gasteiger partial charge in [-0.25, -0.2) is 17.8 Å². The third-order valence-corrected chi connectivity index (χ3v) is 9.38. The van der Waals surface area contributed by atoms with Gasteiger partial charge in [0.2, 0.25) is 10.0 Å². The first kappa shape index (κ1) is 22.0. The zero-order valence-electron chi connectivity index (χ0n) is 17.6. The summed E-state index contributed by atoms with van der Waals surface area (Å²) < 4.78 is 29.8. The van der Waals surface area contributed by atoms with Crippen LogP contribution >= 0.6 is 22.7 Å². The second kappa shape index (κ2) is 9.22. The Morgan fingerprint density at radius 3 is 2.36 bits per heavy atom. The summed E-state index contributed by atoms with van der Waals surface area (Å²) in [6.45, 7) is 0.954. The summed E-state index contributed by atoms with van der Waals surface area (Å²) in [6.07, 6.45) is 1.13. The fourth-order valence-electron chi connectivity index (χ4n) is 3.90. The fraction of sp³-hybridized carbons (Fsp3) is 0.217. The molecule has 4 heterocycles. The van der Waals surface area contributed by atoms with Crippen molar-refractivity contribution in [2.45, 2.75) is 23.1 Å². The summed E-state index contributed by atoms with van der Waals surface area (Å²) in [7, 11) is -3.52. The Morgan fingerprint density at radius 2 is 1.70 bits per heavy atom. The molecule has 0 spiro atoms. The molecule has 0 atom stereocenters. The van der Waals surface area contributed by atoms with E-state index in [4.69, 9.17) is 5.10 Å². The van der Waals surface area contributed by atoms with E-state index < -0.39 is 10.0 Å². The fourth-order valence-corrected chi connectivity index (χ4v) is 6.90.